The monoisotopic (exact) mass is 445 g/mol. The number of carbonyl (C=O) groups excluding carboxylic acids is 1. The van der Waals surface area contributed by atoms with Gasteiger partial charge < -0.3 is 19.5 Å². The first-order valence-electron chi connectivity index (χ1n) is 9.69. The molecule has 164 valence electrons. The molecule has 0 unspecified atom stereocenters. The number of carbonyl (C=O) groups is 1. The number of H-pyrrole nitrogens is 1. The minimum atomic E-state index is -0.570. The van der Waals surface area contributed by atoms with Crippen LogP contribution in [0.2, 0.25) is 0 Å². The van der Waals surface area contributed by atoms with E-state index in [9.17, 15) is 14.9 Å². The lowest BCUT2D eigenvalue weighted by Crippen LogP contribution is -2.12. The molecule has 1 aliphatic heterocycles. The molecule has 2 N–H and O–H groups in total. The van der Waals surface area contributed by atoms with Crippen molar-refractivity contribution in [3.05, 3.63) is 82.8 Å². The van der Waals surface area contributed by atoms with Gasteiger partial charge in [-0.3, -0.25) is 25.0 Å². The van der Waals surface area contributed by atoms with E-state index in [1.54, 1.807) is 42.6 Å². The summed E-state index contributed by atoms with van der Waals surface area (Å²) in [6.45, 7) is 0.155. The first kappa shape index (κ1) is 20.0. The summed E-state index contributed by atoms with van der Waals surface area (Å²) in [6, 6.07) is 14.2. The number of nitro groups is 1. The van der Waals surface area contributed by atoms with Crippen LogP contribution in [0.3, 0.4) is 0 Å². The Morgan fingerprint density at radius 3 is 2.79 bits per heavy atom. The number of rotatable bonds is 6. The van der Waals surface area contributed by atoms with Crippen LogP contribution in [-0.4, -0.2) is 32.8 Å². The third-order valence-electron chi connectivity index (χ3n) is 4.72. The molecule has 4 aromatic rings. The fraction of sp³-hybridized carbons (Fsp3) is 0.0455. The van der Waals surface area contributed by atoms with E-state index >= 15 is 0 Å². The van der Waals surface area contributed by atoms with E-state index in [0.29, 0.717) is 22.9 Å². The molecule has 0 aliphatic carbocycles. The Morgan fingerprint density at radius 2 is 1.97 bits per heavy atom. The topological polar surface area (TPSA) is 142 Å². The number of hydrogen-bond acceptors (Lipinski definition) is 8. The average molecular weight is 445 g/mol. The van der Waals surface area contributed by atoms with Crippen molar-refractivity contribution in [3.63, 3.8) is 0 Å². The van der Waals surface area contributed by atoms with Crippen LogP contribution in [0, 0.1) is 10.1 Å². The first-order valence-corrected chi connectivity index (χ1v) is 9.69. The zero-order valence-corrected chi connectivity index (χ0v) is 16.8. The third kappa shape index (κ3) is 4.28. The van der Waals surface area contributed by atoms with Crippen LogP contribution >= 0.6 is 0 Å². The van der Waals surface area contributed by atoms with Gasteiger partial charge in [0.1, 0.15) is 17.2 Å². The first-order chi connectivity index (χ1) is 16.0. The van der Waals surface area contributed by atoms with E-state index in [1.807, 2.05) is 0 Å². The van der Waals surface area contributed by atoms with Crippen LogP contribution in [0.5, 0.6) is 23.0 Å². The number of hydrogen-bond donors (Lipinski definition) is 2. The average Bonchev–Trinajstić information content (AvgIpc) is 3.49. The predicted molar refractivity (Wildman–Crippen MR) is 116 cm³/mol. The third-order valence-corrected chi connectivity index (χ3v) is 4.72. The second-order valence-electron chi connectivity index (χ2n) is 6.95. The highest BCUT2D eigenvalue weighted by Gasteiger charge is 2.18. The second kappa shape index (κ2) is 8.30. The Kier molecular flexibility index (Phi) is 5.03. The lowest BCUT2D eigenvalue weighted by molar-refractivity contribution is -0.384. The number of pyridine rings is 1. The van der Waals surface area contributed by atoms with Crippen molar-refractivity contribution in [3.8, 4) is 34.3 Å². The van der Waals surface area contributed by atoms with Gasteiger partial charge in [0.05, 0.1) is 28.6 Å². The Hall–Kier alpha value is -4.93. The number of benzene rings is 2. The maximum absolute atomic E-state index is 12.7. The zero-order chi connectivity index (χ0) is 22.8. The van der Waals surface area contributed by atoms with Crippen LogP contribution in [0.15, 0.2) is 67.0 Å². The molecule has 5 rings (SSSR count). The summed E-state index contributed by atoms with van der Waals surface area (Å²) in [5.74, 6) is 1.29. The lowest BCUT2D eigenvalue weighted by Gasteiger charge is -2.08. The predicted octanol–water partition coefficient (Wildman–Crippen LogP) is 4.15. The molecule has 2 aromatic carbocycles. The number of nitrogens with one attached hydrogen (secondary N) is 2. The Labute approximate surface area is 186 Å². The Balaban J connectivity index is 1.36. The number of non-ortho nitro benzene ring substituents is 1. The van der Waals surface area contributed by atoms with E-state index in [4.69, 9.17) is 14.2 Å². The summed E-state index contributed by atoms with van der Waals surface area (Å²) < 4.78 is 16.3. The minimum Gasteiger partial charge on any atom is -0.455 e. The van der Waals surface area contributed by atoms with Gasteiger partial charge in [-0.25, -0.2) is 0 Å². The number of nitro benzene ring substituents is 1. The van der Waals surface area contributed by atoms with Gasteiger partial charge in [-0.1, -0.05) is 0 Å². The molecule has 0 bridgehead atoms. The van der Waals surface area contributed by atoms with Crippen LogP contribution in [0.4, 0.5) is 11.4 Å². The maximum atomic E-state index is 12.7. The largest absolute Gasteiger partial charge is 0.455 e. The van der Waals surface area contributed by atoms with Crippen LogP contribution in [-0.2, 0) is 0 Å². The highest BCUT2D eigenvalue weighted by molar-refractivity contribution is 6.03. The maximum Gasteiger partial charge on any atom is 0.275 e. The van der Waals surface area contributed by atoms with Gasteiger partial charge in [-0.2, -0.15) is 5.10 Å². The molecule has 0 radical (unpaired) electrons. The molecule has 1 amide bonds. The fourth-order valence-electron chi connectivity index (χ4n) is 3.20. The van der Waals surface area contributed by atoms with E-state index in [-0.39, 0.29) is 29.6 Å². The van der Waals surface area contributed by atoms with Crippen LogP contribution in [0.25, 0.3) is 11.3 Å². The van der Waals surface area contributed by atoms with Gasteiger partial charge in [-0.05, 0) is 36.4 Å². The van der Waals surface area contributed by atoms with Gasteiger partial charge in [0.15, 0.2) is 11.5 Å². The summed E-state index contributed by atoms with van der Waals surface area (Å²) >= 11 is 0. The summed E-state index contributed by atoms with van der Waals surface area (Å²) in [6.07, 6.45) is 3.05. The summed E-state index contributed by atoms with van der Waals surface area (Å²) in [5, 5.41) is 20.8. The number of fused-ring (bicyclic) bond motifs is 1. The summed E-state index contributed by atoms with van der Waals surface area (Å²) in [4.78, 5) is 27.5. The van der Waals surface area contributed by atoms with Crippen molar-refractivity contribution in [2.45, 2.75) is 0 Å². The normalized spacial score (nSPS) is 11.8. The van der Waals surface area contributed by atoms with Crippen LogP contribution < -0.4 is 19.5 Å². The SMILES string of the molecule is O=C(Nc1cc(Oc2cccnc2)cc([N+](=O)[O-])c1)c1cc(-c2ccc3c(c2)OCO3)n[nH]1. The van der Waals surface area contributed by atoms with E-state index in [0.717, 1.165) is 5.56 Å². The van der Waals surface area contributed by atoms with Gasteiger partial charge in [0.2, 0.25) is 6.79 Å². The minimum absolute atomic E-state index is 0.155. The molecule has 0 saturated carbocycles. The summed E-state index contributed by atoms with van der Waals surface area (Å²) in [7, 11) is 0. The zero-order valence-electron chi connectivity index (χ0n) is 16.8. The molecule has 0 fully saturated rings. The van der Waals surface area contributed by atoms with Crippen molar-refractivity contribution >= 4 is 17.3 Å². The molecule has 0 saturated heterocycles. The standard InChI is InChI=1S/C22H15N5O6/c28-22(19-10-18(25-26-19)13-3-4-20-21(6-13)32-12-31-20)24-14-7-15(27(29)30)9-17(8-14)33-16-2-1-5-23-11-16/h1-11H,12H2,(H,24,28)(H,25,26). The second-order valence-corrected chi connectivity index (χ2v) is 6.95. The number of aromatic nitrogens is 3. The molecule has 11 heteroatoms. The molecule has 2 aromatic heterocycles. The molecule has 33 heavy (non-hydrogen) atoms. The number of amides is 1. The van der Waals surface area contributed by atoms with Gasteiger partial charge in [0.25, 0.3) is 11.6 Å². The van der Waals surface area contributed by atoms with Crippen LogP contribution in [0.1, 0.15) is 10.5 Å². The molecular weight excluding hydrogens is 430 g/mol. The van der Waals surface area contributed by atoms with Crippen molar-refractivity contribution in [2.75, 3.05) is 12.1 Å². The Morgan fingerprint density at radius 1 is 1.09 bits per heavy atom. The van der Waals surface area contributed by atoms with Crippen molar-refractivity contribution in [1.82, 2.24) is 15.2 Å². The molecule has 0 spiro atoms. The number of anilines is 1. The smallest absolute Gasteiger partial charge is 0.275 e. The van der Waals surface area contributed by atoms with E-state index < -0.39 is 10.8 Å². The summed E-state index contributed by atoms with van der Waals surface area (Å²) in [5.41, 5.74) is 1.38. The molecule has 3 heterocycles. The van der Waals surface area contributed by atoms with Crippen molar-refractivity contribution in [2.24, 2.45) is 0 Å². The molecule has 1 aliphatic rings. The number of aromatic amines is 1. The molecular formula is C22H15N5O6. The van der Waals surface area contributed by atoms with Crippen molar-refractivity contribution in [1.29, 1.82) is 0 Å². The highest BCUT2D eigenvalue weighted by atomic mass is 16.7. The Bertz CT molecular complexity index is 1350. The van der Waals surface area contributed by atoms with E-state index in [2.05, 4.69) is 20.5 Å². The molecule has 11 nitrogen and oxygen atoms in total. The number of ether oxygens (including phenoxy) is 3. The quantitative estimate of drug-likeness (QED) is 0.333. The number of nitrogens with zero attached hydrogens (tertiary/aromatic N) is 3. The highest BCUT2D eigenvalue weighted by Crippen LogP contribution is 2.35. The molecule has 0 atom stereocenters. The lowest BCUT2D eigenvalue weighted by atomic mass is 10.1. The van der Waals surface area contributed by atoms with Crippen molar-refractivity contribution < 1.29 is 23.9 Å². The van der Waals surface area contributed by atoms with Gasteiger partial charge in [-0.15, -0.1) is 0 Å². The van der Waals surface area contributed by atoms with Gasteiger partial charge in [0, 0.05) is 23.9 Å². The van der Waals surface area contributed by atoms with Gasteiger partial charge >= 0.3 is 0 Å². The fourth-order valence-corrected chi connectivity index (χ4v) is 3.20. The van der Waals surface area contributed by atoms with E-state index in [1.165, 1.54) is 24.4 Å².